The zero-order valence-corrected chi connectivity index (χ0v) is 16.3. The molecule has 0 atom stereocenters. The van der Waals surface area contributed by atoms with Gasteiger partial charge in [0.05, 0.1) is 5.69 Å². The molecule has 0 unspecified atom stereocenters. The van der Waals surface area contributed by atoms with E-state index in [0.717, 1.165) is 11.3 Å². The number of rotatable bonds is 6. The Balaban J connectivity index is 1.37. The fourth-order valence-corrected chi connectivity index (χ4v) is 4.50. The third-order valence-electron chi connectivity index (χ3n) is 4.71. The molecule has 1 fully saturated rings. The van der Waals surface area contributed by atoms with Gasteiger partial charge < -0.3 is 14.6 Å². The summed E-state index contributed by atoms with van der Waals surface area (Å²) in [5.41, 5.74) is 6.81. The number of carbonyl (C=O) groups is 1. The van der Waals surface area contributed by atoms with E-state index in [-0.39, 0.29) is 10.9 Å². The third-order valence-corrected chi connectivity index (χ3v) is 6.48. The number of carbonyl (C=O) groups excluding carboxylic acids is 1. The highest BCUT2D eigenvalue weighted by Gasteiger charge is 2.31. The van der Waals surface area contributed by atoms with Crippen LogP contribution in [0.5, 0.6) is 0 Å². The average Bonchev–Trinajstić information content (AvgIpc) is 3.39. The summed E-state index contributed by atoms with van der Waals surface area (Å²) in [7, 11) is -3.80. The van der Waals surface area contributed by atoms with E-state index in [0.29, 0.717) is 38.6 Å². The summed E-state index contributed by atoms with van der Waals surface area (Å²) in [5, 5.41) is -0.274. The minimum Gasteiger partial charge on any atom is -0.444 e. The largest absolute Gasteiger partial charge is 0.444 e. The number of oxazole rings is 1. The Morgan fingerprint density at radius 3 is 2.45 bits per heavy atom. The van der Waals surface area contributed by atoms with Crippen LogP contribution in [0.2, 0.25) is 0 Å². The van der Waals surface area contributed by atoms with Crippen LogP contribution >= 0.6 is 0 Å². The predicted molar refractivity (Wildman–Crippen MR) is 103 cm³/mol. The van der Waals surface area contributed by atoms with Crippen LogP contribution in [0.4, 0.5) is 0 Å². The number of sulfonamides is 1. The zero-order valence-electron chi connectivity index (χ0n) is 15.5. The second kappa shape index (κ2) is 7.82. The first-order valence-electron chi connectivity index (χ1n) is 9.05. The van der Waals surface area contributed by atoms with E-state index in [2.05, 4.69) is 9.88 Å². The molecule has 1 saturated heterocycles. The number of aromatic nitrogens is 1. The molecule has 2 N–H and O–H groups in total. The topological polar surface area (TPSA) is 123 Å². The monoisotopic (exact) mass is 416 g/mol. The fourth-order valence-electron chi connectivity index (χ4n) is 3.17. The van der Waals surface area contributed by atoms with Crippen molar-refractivity contribution in [2.24, 2.45) is 5.73 Å². The number of hydrogen-bond donors (Lipinski definition) is 1. The molecule has 0 aliphatic carbocycles. The molecule has 0 bridgehead atoms. The van der Waals surface area contributed by atoms with Gasteiger partial charge in [-0.05, 0) is 24.3 Å². The van der Waals surface area contributed by atoms with Gasteiger partial charge in [-0.15, -0.1) is 0 Å². The van der Waals surface area contributed by atoms with Gasteiger partial charge in [-0.3, -0.25) is 9.69 Å². The molecule has 152 valence electrons. The van der Waals surface area contributed by atoms with Crippen LogP contribution < -0.4 is 5.73 Å². The Hall–Kier alpha value is -2.95. The van der Waals surface area contributed by atoms with Gasteiger partial charge >= 0.3 is 0 Å². The lowest BCUT2D eigenvalue weighted by Gasteiger charge is -2.32. The highest BCUT2D eigenvalue weighted by molar-refractivity contribution is 7.89. The molecule has 29 heavy (non-hydrogen) atoms. The number of amides is 1. The van der Waals surface area contributed by atoms with E-state index >= 15 is 0 Å². The Kier molecular flexibility index (Phi) is 5.22. The summed E-state index contributed by atoms with van der Waals surface area (Å²) in [6.45, 7) is 2.25. The molecule has 1 aromatic carbocycles. The van der Waals surface area contributed by atoms with Gasteiger partial charge in [-0.1, -0.05) is 18.2 Å². The molecular weight excluding hydrogens is 396 g/mol. The number of piperazine rings is 1. The number of hydrogen-bond acceptors (Lipinski definition) is 7. The van der Waals surface area contributed by atoms with Crippen molar-refractivity contribution in [2.75, 3.05) is 26.2 Å². The van der Waals surface area contributed by atoms with Crippen molar-refractivity contribution in [3.05, 3.63) is 60.2 Å². The molecule has 9 nitrogen and oxygen atoms in total. The lowest BCUT2D eigenvalue weighted by Crippen LogP contribution is -2.48. The maximum Gasteiger partial charge on any atom is 0.284 e. The van der Waals surface area contributed by atoms with Crippen LogP contribution in [-0.4, -0.2) is 54.7 Å². The van der Waals surface area contributed by atoms with Gasteiger partial charge in [0.15, 0.2) is 5.76 Å². The Morgan fingerprint density at radius 1 is 1.07 bits per heavy atom. The maximum absolute atomic E-state index is 12.7. The third kappa shape index (κ3) is 4.09. The van der Waals surface area contributed by atoms with Crippen LogP contribution in [0.15, 0.2) is 62.7 Å². The lowest BCUT2D eigenvalue weighted by atomic mass is 10.2. The van der Waals surface area contributed by atoms with Crippen molar-refractivity contribution in [2.45, 2.75) is 11.6 Å². The van der Waals surface area contributed by atoms with Gasteiger partial charge in [0.1, 0.15) is 6.26 Å². The van der Waals surface area contributed by atoms with Gasteiger partial charge in [0.2, 0.25) is 11.0 Å². The molecule has 2 aromatic heterocycles. The molecule has 4 rings (SSSR count). The molecule has 1 amide bonds. The average molecular weight is 416 g/mol. The molecule has 1 aliphatic rings. The summed E-state index contributed by atoms with van der Waals surface area (Å²) in [4.78, 5) is 17.7. The zero-order chi connectivity index (χ0) is 20.4. The van der Waals surface area contributed by atoms with Crippen molar-refractivity contribution in [3.8, 4) is 11.5 Å². The first-order valence-corrected chi connectivity index (χ1v) is 10.5. The number of nitrogens with zero attached hydrogens (tertiary/aromatic N) is 3. The van der Waals surface area contributed by atoms with Crippen LogP contribution in [0, 0.1) is 0 Å². The number of primary amides is 1. The van der Waals surface area contributed by atoms with Crippen LogP contribution in [0.1, 0.15) is 16.2 Å². The van der Waals surface area contributed by atoms with Crippen LogP contribution in [-0.2, 0) is 16.6 Å². The van der Waals surface area contributed by atoms with Crippen molar-refractivity contribution < 1.29 is 22.0 Å². The lowest BCUT2D eigenvalue weighted by molar-refractivity contribution is 0.0968. The Morgan fingerprint density at radius 2 is 1.79 bits per heavy atom. The standard InChI is InChI=1S/C19H20N4O5S/c20-18(24)16-6-7-17(28-16)29(25,26)23-10-8-22(9-11-23)12-15-13-27-19(21-15)14-4-2-1-3-5-14/h1-7,13H,8-12H2,(H2,20,24). The molecule has 3 heterocycles. The quantitative estimate of drug-likeness (QED) is 0.646. The molecule has 0 radical (unpaired) electrons. The minimum absolute atomic E-state index is 0.178. The second-order valence-electron chi connectivity index (χ2n) is 6.67. The summed E-state index contributed by atoms with van der Waals surface area (Å²) < 4.78 is 37.3. The van der Waals surface area contributed by atoms with Crippen molar-refractivity contribution >= 4 is 15.9 Å². The molecule has 0 spiro atoms. The van der Waals surface area contributed by atoms with E-state index in [1.54, 1.807) is 6.26 Å². The Bertz CT molecular complexity index is 1100. The smallest absolute Gasteiger partial charge is 0.284 e. The summed E-state index contributed by atoms with van der Waals surface area (Å²) in [6, 6.07) is 12.1. The first kappa shape index (κ1) is 19.4. The predicted octanol–water partition coefficient (Wildman–Crippen LogP) is 1.54. The molecular formula is C19H20N4O5S. The van der Waals surface area contributed by atoms with E-state index < -0.39 is 15.9 Å². The number of nitrogens with two attached hydrogens (primary N) is 1. The minimum atomic E-state index is -3.80. The number of furan rings is 1. The maximum atomic E-state index is 12.7. The highest BCUT2D eigenvalue weighted by Crippen LogP contribution is 2.22. The molecule has 10 heteroatoms. The van der Waals surface area contributed by atoms with Crippen molar-refractivity contribution in [1.29, 1.82) is 0 Å². The summed E-state index contributed by atoms with van der Waals surface area (Å²) in [5.74, 6) is -0.425. The molecule has 1 aliphatic heterocycles. The SMILES string of the molecule is NC(=O)c1ccc(S(=O)(=O)N2CCN(Cc3coc(-c4ccccc4)n3)CC2)o1. The van der Waals surface area contributed by atoms with Gasteiger partial charge in [0.25, 0.3) is 15.9 Å². The van der Waals surface area contributed by atoms with Crippen LogP contribution in [0.3, 0.4) is 0 Å². The molecule has 3 aromatic rings. The second-order valence-corrected chi connectivity index (χ2v) is 8.54. The van der Waals surface area contributed by atoms with Crippen molar-refractivity contribution in [1.82, 2.24) is 14.2 Å². The number of benzene rings is 1. The van der Waals surface area contributed by atoms with Crippen LogP contribution in [0.25, 0.3) is 11.5 Å². The fraction of sp³-hybridized carbons (Fsp3) is 0.263. The van der Waals surface area contributed by atoms with Gasteiger partial charge in [-0.25, -0.2) is 13.4 Å². The highest BCUT2D eigenvalue weighted by atomic mass is 32.2. The van der Waals surface area contributed by atoms with Crippen molar-refractivity contribution in [3.63, 3.8) is 0 Å². The first-order chi connectivity index (χ1) is 13.9. The van der Waals surface area contributed by atoms with E-state index in [1.807, 2.05) is 30.3 Å². The Labute approximate surface area is 167 Å². The summed E-state index contributed by atoms with van der Waals surface area (Å²) >= 11 is 0. The van der Waals surface area contributed by atoms with E-state index in [4.69, 9.17) is 14.6 Å². The van der Waals surface area contributed by atoms with E-state index in [1.165, 1.54) is 16.4 Å². The van der Waals surface area contributed by atoms with Gasteiger partial charge in [-0.2, -0.15) is 4.31 Å². The van der Waals surface area contributed by atoms with Gasteiger partial charge in [0, 0.05) is 38.3 Å². The van der Waals surface area contributed by atoms with E-state index in [9.17, 15) is 13.2 Å². The normalized spacial score (nSPS) is 16.1. The molecule has 0 saturated carbocycles. The summed E-state index contributed by atoms with van der Waals surface area (Å²) in [6.07, 6.45) is 1.62.